The lowest BCUT2D eigenvalue weighted by molar-refractivity contribution is -0.384. The zero-order valence-corrected chi connectivity index (χ0v) is 11.6. The first-order valence-corrected chi connectivity index (χ1v) is 6.34. The van der Waals surface area contributed by atoms with Gasteiger partial charge in [0.25, 0.3) is 5.69 Å². The smallest absolute Gasteiger partial charge is 0.270 e. The van der Waals surface area contributed by atoms with E-state index in [0.717, 1.165) is 0 Å². The number of hydrogen-bond donors (Lipinski definition) is 0. The van der Waals surface area contributed by atoms with Crippen molar-refractivity contribution in [2.75, 3.05) is 13.1 Å². The van der Waals surface area contributed by atoms with Crippen LogP contribution in [-0.2, 0) is 0 Å². The molecule has 0 aliphatic rings. The highest BCUT2D eigenvalue weighted by Crippen LogP contribution is 2.14. The van der Waals surface area contributed by atoms with Gasteiger partial charge in [-0.15, -0.1) is 0 Å². The normalized spacial score (nSPS) is 10.6. The summed E-state index contributed by atoms with van der Waals surface area (Å²) in [7, 11) is 0. The fraction of sp³-hybridized carbons (Fsp3) is 0.429. The third kappa shape index (κ3) is 4.44. The second-order valence-corrected chi connectivity index (χ2v) is 4.70. The van der Waals surface area contributed by atoms with E-state index in [2.05, 4.69) is 0 Å². The Hall–Kier alpha value is -2.26. The summed E-state index contributed by atoms with van der Waals surface area (Å²) in [5.41, 5.74) is 0.228. The molecule has 0 heterocycles. The summed E-state index contributed by atoms with van der Waals surface area (Å²) in [4.78, 5) is 24.2. The molecule has 0 unspecified atom stereocenters. The highest BCUT2D eigenvalue weighted by Gasteiger charge is 2.17. The van der Waals surface area contributed by atoms with Gasteiger partial charge in [0.05, 0.1) is 17.5 Å². The number of nitro benzene ring substituents is 1. The first-order valence-electron chi connectivity index (χ1n) is 6.34. The Morgan fingerprint density at radius 3 is 2.75 bits per heavy atom. The number of nitro groups is 1. The molecule has 106 valence electrons. The quantitative estimate of drug-likeness (QED) is 0.433. The number of Topliss-reactive ketones (excluding diaryl/α,β-unsaturated/α-hetero) is 1. The molecule has 0 atom stereocenters. The number of carbonyl (C=O) groups excluding carboxylic acids is 1. The average molecular weight is 275 g/mol. The van der Waals surface area contributed by atoms with Gasteiger partial charge in [0.15, 0.2) is 5.78 Å². The fourth-order valence-corrected chi connectivity index (χ4v) is 1.78. The van der Waals surface area contributed by atoms with E-state index in [0.29, 0.717) is 18.5 Å². The molecule has 0 N–H and O–H groups in total. The molecule has 0 bridgehead atoms. The van der Waals surface area contributed by atoms with Crippen LogP contribution in [0.5, 0.6) is 0 Å². The summed E-state index contributed by atoms with van der Waals surface area (Å²) in [6.07, 6.45) is 0.348. The molecule has 6 nitrogen and oxygen atoms in total. The molecule has 6 heteroatoms. The first kappa shape index (κ1) is 15.8. The molecular formula is C14H17N3O3. The van der Waals surface area contributed by atoms with E-state index >= 15 is 0 Å². The summed E-state index contributed by atoms with van der Waals surface area (Å²) < 4.78 is 0. The third-order valence-corrected chi connectivity index (χ3v) is 2.97. The summed E-state index contributed by atoms with van der Waals surface area (Å²) in [5.74, 6) is -0.180. The molecule has 0 fully saturated rings. The number of ketones is 1. The predicted octanol–water partition coefficient (Wildman–Crippen LogP) is 2.40. The SMILES string of the molecule is CC(C)N(CCC#N)CC(=O)c1cccc([N+](=O)[O-])c1. The Kier molecular flexibility index (Phi) is 5.81. The molecule has 0 spiro atoms. The maximum atomic E-state index is 12.2. The van der Waals surface area contributed by atoms with Crippen LogP contribution >= 0.6 is 0 Å². The van der Waals surface area contributed by atoms with Gasteiger partial charge in [-0.25, -0.2) is 0 Å². The molecule has 0 aliphatic carbocycles. The second-order valence-electron chi connectivity index (χ2n) is 4.70. The van der Waals surface area contributed by atoms with Gasteiger partial charge < -0.3 is 0 Å². The van der Waals surface area contributed by atoms with Crippen LogP contribution in [0.25, 0.3) is 0 Å². The fourth-order valence-electron chi connectivity index (χ4n) is 1.78. The Morgan fingerprint density at radius 1 is 1.50 bits per heavy atom. The van der Waals surface area contributed by atoms with Gasteiger partial charge in [-0.2, -0.15) is 5.26 Å². The lowest BCUT2D eigenvalue weighted by Crippen LogP contribution is -2.36. The molecule has 0 aromatic heterocycles. The lowest BCUT2D eigenvalue weighted by atomic mass is 10.1. The third-order valence-electron chi connectivity index (χ3n) is 2.97. The molecule has 0 radical (unpaired) electrons. The van der Waals surface area contributed by atoms with Gasteiger partial charge >= 0.3 is 0 Å². The summed E-state index contributed by atoms with van der Waals surface area (Å²) in [6, 6.07) is 7.88. The number of rotatable bonds is 7. The van der Waals surface area contributed by atoms with Crippen molar-refractivity contribution in [1.82, 2.24) is 4.90 Å². The summed E-state index contributed by atoms with van der Waals surface area (Å²) >= 11 is 0. The van der Waals surface area contributed by atoms with E-state index in [1.807, 2.05) is 24.8 Å². The number of carbonyl (C=O) groups is 1. The molecule has 1 rings (SSSR count). The lowest BCUT2D eigenvalue weighted by Gasteiger charge is -2.24. The number of non-ortho nitro benzene ring substituents is 1. The van der Waals surface area contributed by atoms with E-state index in [9.17, 15) is 14.9 Å². The van der Waals surface area contributed by atoms with Crippen LogP contribution in [0.4, 0.5) is 5.69 Å². The van der Waals surface area contributed by atoms with Crippen LogP contribution in [0.3, 0.4) is 0 Å². The van der Waals surface area contributed by atoms with Crippen LogP contribution in [-0.4, -0.2) is 34.7 Å². The number of nitriles is 1. The van der Waals surface area contributed by atoms with Crippen molar-refractivity contribution in [1.29, 1.82) is 5.26 Å². The summed E-state index contributed by atoms with van der Waals surface area (Å²) in [6.45, 7) is 4.55. The van der Waals surface area contributed by atoms with E-state index in [1.165, 1.54) is 18.2 Å². The zero-order valence-electron chi connectivity index (χ0n) is 11.6. The van der Waals surface area contributed by atoms with Crippen LogP contribution in [0.2, 0.25) is 0 Å². The van der Waals surface area contributed by atoms with Crippen molar-refractivity contribution in [2.45, 2.75) is 26.3 Å². The second kappa shape index (κ2) is 7.36. The Bertz CT molecular complexity index is 535. The van der Waals surface area contributed by atoms with Crippen LogP contribution in [0.1, 0.15) is 30.6 Å². The van der Waals surface area contributed by atoms with Crippen LogP contribution < -0.4 is 0 Å². The molecule has 0 saturated heterocycles. The minimum atomic E-state index is -0.521. The minimum Gasteiger partial charge on any atom is -0.293 e. The van der Waals surface area contributed by atoms with Gasteiger partial charge in [0, 0.05) is 36.7 Å². The maximum Gasteiger partial charge on any atom is 0.270 e. The van der Waals surface area contributed by atoms with Gasteiger partial charge in [0.2, 0.25) is 0 Å². The highest BCUT2D eigenvalue weighted by atomic mass is 16.6. The number of hydrogen-bond acceptors (Lipinski definition) is 5. The maximum absolute atomic E-state index is 12.2. The largest absolute Gasteiger partial charge is 0.293 e. The molecule has 20 heavy (non-hydrogen) atoms. The van der Waals surface area contributed by atoms with E-state index in [-0.39, 0.29) is 24.1 Å². The Balaban J connectivity index is 2.81. The van der Waals surface area contributed by atoms with Gasteiger partial charge in [-0.3, -0.25) is 19.8 Å². The highest BCUT2D eigenvalue weighted by molar-refractivity contribution is 5.98. The van der Waals surface area contributed by atoms with Crippen LogP contribution in [0, 0.1) is 21.4 Å². The molecular weight excluding hydrogens is 258 g/mol. The minimum absolute atomic E-state index is 0.0935. The van der Waals surface area contributed by atoms with Crippen LogP contribution in [0.15, 0.2) is 24.3 Å². The zero-order chi connectivity index (χ0) is 15.1. The van der Waals surface area contributed by atoms with E-state index in [4.69, 9.17) is 5.26 Å². The summed E-state index contributed by atoms with van der Waals surface area (Å²) in [5, 5.41) is 19.3. The van der Waals surface area contributed by atoms with Gasteiger partial charge in [-0.1, -0.05) is 12.1 Å². The topological polar surface area (TPSA) is 87.2 Å². The first-order chi connectivity index (χ1) is 9.45. The Morgan fingerprint density at radius 2 is 2.20 bits per heavy atom. The molecule has 1 aromatic rings. The van der Waals surface area contributed by atoms with Crippen molar-refractivity contribution in [2.24, 2.45) is 0 Å². The molecule has 0 saturated carbocycles. The predicted molar refractivity (Wildman–Crippen MR) is 74.4 cm³/mol. The van der Waals surface area contributed by atoms with Crippen molar-refractivity contribution >= 4 is 11.5 Å². The standard InChI is InChI=1S/C14H17N3O3/c1-11(2)16(8-4-7-15)10-14(18)12-5-3-6-13(9-12)17(19)20/h3,5-6,9,11H,4,8,10H2,1-2H3. The molecule has 0 amide bonds. The van der Waals surface area contributed by atoms with E-state index < -0.39 is 4.92 Å². The van der Waals surface area contributed by atoms with E-state index in [1.54, 1.807) is 6.07 Å². The number of benzene rings is 1. The van der Waals surface area contributed by atoms with Gasteiger partial charge in [-0.05, 0) is 13.8 Å². The van der Waals surface area contributed by atoms with Crippen molar-refractivity contribution < 1.29 is 9.72 Å². The van der Waals surface area contributed by atoms with Crippen molar-refractivity contribution in [3.05, 3.63) is 39.9 Å². The molecule has 0 aliphatic heterocycles. The number of nitrogens with zero attached hydrogens (tertiary/aromatic N) is 3. The molecule has 1 aromatic carbocycles. The van der Waals surface area contributed by atoms with Crippen molar-refractivity contribution in [3.63, 3.8) is 0 Å². The Labute approximate surface area is 117 Å². The van der Waals surface area contributed by atoms with Crippen molar-refractivity contribution in [3.8, 4) is 6.07 Å². The monoisotopic (exact) mass is 275 g/mol. The average Bonchev–Trinajstić information content (AvgIpc) is 2.42. The van der Waals surface area contributed by atoms with Gasteiger partial charge in [0.1, 0.15) is 0 Å².